The minimum absolute atomic E-state index is 0.154. The molecule has 2 saturated carbocycles. The Balaban J connectivity index is 1.68. The van der Waals surface area contributed by atoms with Gasteiger partial charge in [0.2, 0.25) is 5.91 Å². The van der Waals surface area contributed by atoms with Crippen LogP contribution in [0.4, 0.5) is 0 Å². The van der Waals surface area contributed by atoms with E-state index in [0.29, 0.717) is 24.8 Å². The van der Waals surface area contributed by atoms with E-state index in [0.717, 1.165) is 25.7 Å². The van der Waals surface area contributed by atoms with Gasteiger partial charge in [-0.3, -0.25) is 9.59 Å². The van der Waals surface area contributed by atoms with Gasteiger partial charge in [-0.2, -0.15) is 0 Å². The van der Waals surface area contributed by atoms with Crippen LogP contribution in [0.25, 0.3) is 0 Å². The van der Waals surface area contributed by atoms with Gasteiger partial charge in [-0.15, -0.1) is 0 Å². The number of carbonyl (C=O) groups is 2. The number of carboxylic acid groups (broad SMARTS) is 1. The van der Waals surface area contributed by atoms with Crippen molar-refractivity contribution in [1.29, 1.82) is 0 Å². The van der Waals surface area contributed by atoms with Crippen LogP contribution < -0.4 is 5.73 Å². The topological polar surface area (TPSA) is 83.6 Å². The molecule has 100 valence electrons. The average Bonchev–Trinajstić information content (AvgIpc) is 3.22. The highest BCUT2D eigenvalue weighted by Crippen LogP contribution is 2.50. The molecule has 1 aliphatic heterocycles. The lowest BCUT2D eigenvalue weighted by molar-refractivity contribution is -0.143. The van der Waals surface area contributed by atoms with Crippen LogP contribution >= 0.6 is 0 Å². The molecule has 3 N–H and O–H groups in total. The Labute approximate surface area is 106 Å². The summed E-state index contributed by atoms with van der Waals surface area (Å²) < 4.78 is 0. The van der Waals surface area contributed by atoms with E-state index in [1.54, 1.807) is 4.90 Å². The summed E-state index contributed by atoms with van der Waals surface area (Å²) >= 11 is 0. The zero-order chi connectivity index (χ0) is 12.9. The van der Waals surface area contributed by atoms with Gasteiger partial charge in [-0.25, -0.2) is 0 Å². The van der Waals surface area contributed by atoms with Crippen LogP contribution in [-0.4, -0.2) is 40.5 Å². The number of amides is 1. The van der Waals surface area contributed by atoms with Crippen molar-refractivity contribution in [3.8, 4) is 0 Å². The van der Waals surface area contributed by atoms with Gasteiger partial charge < -0.3 is 15.7 Å². The first kappa shape index (κ1) is 12.0. The molecule has 0 radical (unpaired) electrons. The number of hydrogen-bond donors (Lipinski definition) is 2. The second-order valence-electron chi connectivity index (χ2n) is 6.17. The second kappa shape index (κ2) is 3.95. The molecule has 3 rings (SSSR count). The monoisotopic (exact) mass is 252 g/mol. The lowest BCUT2D eigenvalue weighted by atomic mass is 9.96. The smallest absolute Gasteiger partial charge is 0.325 e. The van der Waals surface area contributed by atoms with Crippen LogP contribution in [0.1, 0.15) is 32.1 Å². The molecule has 0 aromatic carbocycles. The number of likely N-dealkylation sites (tertiary alicyclic amines) is 1. The van der Waals surface area contributed by atoms with Gasteiger partial charge in [0.15, 0.2) is 0 Å². The molecule has 1 atom stereocenters. The fraction of sp³-hybridized carbons (Fsp3) is 0.846. The van der Waals surface area contributed by atoms with E-state index in [-0.39, 0.29) is 18.4 Å². The number of carboxylic acids is 1. The molecule has 0 bridgehead atoms. The summed E-state index contributed by atoms with van der Waals surface area (Å²) in [5, 5.41) is 9.09. The molecule has 3 aliphatic rings. The Morgan fingerprint density at radius 3 is 2.17 bits per heavy atom. The Bertz CT molecular complexity index is 378. The SMILES string of the molecule is NC1(C(=O)O)CCN(C(=O)C(C2CC2)C2CC2)C1. The van der Waals surface area contributed by atoms with Crippen LogP contribution in [-0.2, 0) is 9.59 Å². The molecule has 0 aromatic rings. The molecule has 1 amide bonds. The largest absolute Gasteiger partial charge is 0.480 e. The number of nitrogens with zero attached hydrogens (tertiary/aromatic N) is 1. The zero-order valence-electron chi connectivity index (χ0n) is 10.5. The molecule has 2 aliphatic carbocycles. The van der Waals surface area contributed by atoms with Gasteiger partial charge in [0, 0.05) is 19.0 Å². The lowest BCUT2D eigenvalue weighted by Crippen LogP contribution is -2.51. The lowest BCUT2D eigenvalue weighted by Gasteiger charge is -2.24. The van der Waals surface area contributed by atoms with E-state index in [1.165, 1.54) is 0 Å². The standard InChI is InChI=1S/C13H20N2O3/c14-13(12(17)18)5-6-15(7-13)11(16)10(8-1-2-8)9-3-4-9/h8-10H,1-7,14H2,(H,17,18). The fourth-order valence-corrected chi connectivity index (χ4v) is 3.11. The molecular formula is C13H20N2O3. The van der Waals surface area contributed by atoms with Gasteiger partial charge in [-0.05, 0) is 43.9 Å². The molecule has 0 aromatic heterocycles. The van der Waals surface area contributed by atoms with E-state index >= 15 is 0 Å². The minimum Gasteiger partial charge on any atom is -0.480 e. The minimum atomic E-state index is -1.23. The molecule has 1 saturated heterocycles. The number of nitrogens with two attached hydrogens (primary N) is 1. The van der Waals surface area contributed by atoms with E-state index in [4.69, 9.17) is 10.8 Å². The highest BCUT2D eigenvalue weighted by molar-refractivity contribution is 5.84. The molecule has 5 heteroatoms. The highest BCUT2D eigenvalue weighted by atomic mass is 16.4. The molecular weight excluding hydrogens is 232 g/mol. The van der Waals surface area contributed by atoms with Crippen molar-refractivity contribution < 1.29 is 14.7 Å². The van der Waals surface area contributed by atoms with Gasteiger partial charge in [0.05, 0.1) is 0 Å². The van der Waals surface area contributed by atoms with Gasteiger partial charge in [-0.1, -0.05) is 0 Å². The third-order valence-electron chi connectivity index (χ3n) is 4.58. The number of carbonyl (C=O) groups excluding carboxylic acids is 1. The predicted molar refractivity (Wildman–Crippen MR) is 64.7 cm³/mol. The maximum absolute atomic E-state index is 12.5. The maximum atomic E-state index is 12.5. The Kier molecular flexibility index (Phi) is 2.62. The fourth-order valence-electron chi connectivity index (χ4n) is 3.11. The van der Waals surface area contributed by atoms with Crippen LogP contribution in [0.2, 0.25) is 0 Å². The first-order chi connectivity index (χ1) is 8.51. The van der Waals surface area contributed by atoms with E-state index in [1.807, 2.05) is 0 Å². The number of rotatable bonds is 4. The summed E-state index contributed by atoms with van der Waals surface area (Å²) in [5.41, 5.74) is 4.59. The Morgan fingerprint density at radius 2 is 1.78 bits per heavy atom. The highest BCUT2D eigenvalue weighted by Gasteiger charge is 2.50. The van der Waals surface area contributed by atoms with Crippen LogP contribution in [0.3, 0.4) is 0 Å². The van der Waals surface area contributed by atoms with Gasteiger partial charge in [0.25, 0.3) is 0 Å². The molecule has 5 nitrogen and oxygen atoms in total. The summed E-state index contributed by atoms with van der Waals surface area (Å²) in [4.78, 5) is 25.3. The van der Waals surface area contributed by atoms with Crippen LogP contribution in [0.5, 0.6) is 0 Å². The Morgan fingerprint density at radius 1 is 1.22 bits per heavy atom. The normalized spacial score (nSPS) is 32.0. The van der Waals surface area contributed by atoms with Gasteiger partial charge in [0.1, 0.15) is 5.54 Å². The molecule has 0 spiro atoms. The summed E-state index contributed by atoms with van der Waals surface area (Å²) in [6.45, 7) is 0.675. The number of aliphatic carboxylic acids is 1. The van der Waals surface area contributed by atoms with E-state index in [2.05, 4.69) is 0 Å². The first-order valence-electron chi connectivity index (χ1n) is 6.82. The predicted octanol–water partition coefficient (Wildman–Crippen LogP) is 0.437. The summed E-state index contributed by atoms with van der Waals surface area (Å²) in [6, 6.07) is 0. The van der Waals surface area contributed by atoms with E-state index < -0.39 is 11.5 Å². The summed E-state index contributed by atoms with van der Waals surface area (Å²) in [7, 11) is 0. The van der Waals surface area contributed by atoms with Crippen molar-refractivity contribution in [2.24, 2.45) is 23.5 Å². The number of hydrogen-bond acceptors (Lipinski definition) is 3. The summed E-state index contributed by atoms with van der Waals surface area (Å²) in [6.07, 6.45) is 5.01. The van der Waals surface area contributed by atoms with Crippen molar-refractivity contribution in [3.05, 3.63) is 0 Å². The molecule has 1 heterocycles. The first-order valence-corrected chi connectivity index (χ1v) is 6.82. The third-order valence-corrected chi connectivity index (χ3v) is 4.58. The average molecular weight is 252 g/mol. The third kappa shape index (κ3) is 2.00. The summed E-state index contributed by atoms with van der Waals surface area (Å²) in [5.74, 6) is 0.437. The van der Waals surface area contributed by atoms with E-state index in [9.17, 15) is 9.59 Å². The maximum Gasteiger partial charge on any atom is 0.325 e. The zero-order valence-corrected chi connectivity index (χ0v) is 10.5. The van der Waals surface area contributed by atoms with Crippen LogP contribution in [0, 0.1) is 17.8 Å². The molecule has 1 unspecified atom stereocenters. The van der Waals surface area contributed by atoms with Crippen molar-refractivity contribution in [2.75, 3.05) is 13.1 Å². The van der Waals surface area contributed by atoms with Crippen molar-refractivity contribution >= 4 is 11.9 Å². The molecule has 3 fully saturated rings. The Hall–Kier alpha value is -1.10. The van der Waals surface area contributed by atoms with Crippen molar-refractivity contribution in [1.82, 2.24) is 4.90 Å². The molecule has 18 heavy (non-hydrogen) atoms. The van der Waals surface area contributed by atoms with Crippen molar-refractivity contribution in [2.45, 2.75) is 37.6 Å². The second-order valence-corrected chi connectivity index (χ2v) is 6.17. The van der Waals surface area contributed by atoms with Crippen molar-refractivity contribution in [3.63, 3.8) is 0 Å². The van der Waals surface area contributed by atoms with Gasteiger partial charge >= 0.3 is 5.97 Å². The van der Waals surface area contributed by atoms with Crippen LogP contribution in [0.15, 0.2) is 0 Å². The quantitative estimate of drug-likeness (QED) is 0.760.